The van der Waals surface area contributed by atoms with Gasteiger partial charge in [0.1, 0.15) is 0 Å². The highest BCUT2D eigenvalue weighted by atomic mass is 15.3. The summed E-state index contributed by atoms with van der Waals surface area (Å²) in [6, 6.07) is 8.04. The van der Waals surface area contributed by atoms with E-state index in [2.05, 4.69) is 14.9 Å². The van der Waals surface area contributed by atoms with Crippen LogP contribution in [-0.4, -0.2) is 29.6 Å². The molecule has 0 saturated carbocycles. The van der Waals surface area contributed by atoms with Gasteiger partial charge in [0.2, 0.25) is 5.95 Å². The van der Waals surface area contributed by atoms with Gasteiger partial charge in [-0.1, -0.05) is 18.2 Å². The first kappa shape index (κ1) is 9.54. The molecule has 16 heavy (non-hydrogen) atoms. The van der Waals surface area contributed by atoms with Crippen LogP contribution in [0.1, 0.15) is 0 Å². The van der Waals surface area contributed by atoms with E-state index in [4.69, 9.17) is 5.73 Å². The van der Waals surface area contributed by atoms with Crippen LogP contribution in [0.2, 0.25) is 0 Å². The Morgan fingerprint density at radius 2 is 2.12 bits per heavy atom. The van der Waals surface area contributed by atoms with Gasteiger partial charge in [0.15, 0.2) is 0 Å². The summed E-state index contributed by atoms with van der Waals surface area (Å²) in [6.45, 7) is 2.72. The number of nitrogens with two attached hydrogens (primary N) is 1. The largest absolute Gasteiger partial charge is 0.340 e. The number of aromatic nitrogens is 2. The molecule has 0 radical (unpaired) electrons. The molecule has 0 spiro atoms. The van der Waals surface area contributed by atoms with E-state index in [0.717, 1.165) is 36.5 Å². The fraction of sp³-hybridized carbons (Fsp3) is 0.333. The van der Waals surface area contributed by atoms with E-state index < -0.39 is 0 Å². The predicted octanol–water partition coefficient (Wildman–Crippen LogP) is 1.02. The Hall–Kier alpha value is -1.68. The SMILES string of the molecule is NCC1CN(c2ncc3ccccc3n2)C1. The third-order valence-electron chi connectivity index (χ3n) is 3.05. The maximum atomic E-state index is 5.60. The Bertz CT molecular complexity index is 505. The highest BCUT2D eigenvalue weighted by molar-refractivity contribution is 5.78. The van der Waals surface area contributed by atoms with Gasteiger partial charge >= 0.3 is 0 Å². The topological polar surface area (TPSA) is 55.0 Å². The van der Waals surface area contributed by atoms with Crippen LogP contribution in [0, 0.1) is 5.92 Å². The second-order valence-corrected chi connectivity index (χ2v) is 4.24. The second-order valence-electron chi connectivity index (χ2n) is 4.24. The lowest BCUT2D eigenvalue weighted by molar-refractivity contribution is 0.414. The van der Waals surface area contributed by atoms with Gasteiger partial charge in [-0.25, -0.2) is 9.97 Å². The number of fused-ring (bicyclic) bond motifs is 1. The van der Waals surface area contributed by atoms with Crippen molar-refractivity contribution in [2.75, 3.05) is 24.5 Å². The third kappa shape index (κ3) is 1.51. The summed E-state index contributed by atoms with van der Waals surface area (Å²) < 4.78 is 0. The van der Waals surface area contributed by atoms with E-state index >= 15 is 0 Å². The van der Waals surface area contributed by atoms with Crippen molar-refractivity contribution in [1.29, 1.82) is 0 Å². The fourth-order valence-corrected chi connectivity index (χ4v) is 2.00. The summed E-state index contributed by atoms with van der Waals surface area (Å²) in [6.07, 6.45) is 1.88. The minimum absolute atomic E-state index is 0.607. The molecule has 0 amide bonds. The minimum Gasteiger partial charge on any atom is -0.340 e. The van der Waals surface area contributed by atoms with Gasteiger partial charge in [-0.05, 0) is 12.6 Å². The standard InChI is InChI=1S/C12H14N4/c13-5-9-7-16(8-9)12-14-6-10-3-1-2-4-11(10)15-12/h1-4,6,9H,5,7-8,13H2. The third-order valence-corrected chi connectivity index (χ3v) is 3.05. The summed E-state index contributed by atoms with van der Waals surface area (Å²) in [5, 5.41) is 1.09. The molecule has 0 bridgehead atoms. The lowest BCUT2D eigenvalue weighted by atomic mass is 10.0. The molecule has 0 atom stereocenters. The van der Waals surface area contributed by atoms with Gasteiger partial charge in [-0.15, -0.1) is 0 Å². The molecule has 4 heteroatoms. The first-order valence-electron chi connectivity index (χ1n) is 5.53. The van der Waals surface area contributed by atoms with Gasteiger partial charge in [-0.3, -0.25) is 0 Å². The number of hydrogen-bond donors (Lipinski definition) is 1. The molecular weight excluding hydrogens is 200 g/mol. The van der Waals surface area contributed by atoms with Crippen molar-refractivity contribution in [1.82, 2.24) is 9.97 Å². The van der Waals surface area contributed by atoms with Crippen LogP contribution < -0.4 is 10.6 Å². The molecule has 2 aromatic rings. The highest BCUT2D eigenvalue weighted by Gasteiger charge is 2.27. The first-order chi connectivity index (χ1) is 7.86. The summed E-state index contributed by atoms with van der Waals surface area (Å²) in [7, 11) is 0. The van der Waals surface area contributed by atoms with E-state index in [1.54, 1.807) is 0 Å². The fourth-order valence-electron chi connectivity index (χ4n) is 2.00. The molecule has 1 aromatic heterocycles. The van der Waals surface area contributed by atoms with Crippen molar-refractivity contribution < 1.29 is 0 Å². The Balaban J connectivity index is 1.89. The average Bonchev–Trinajstić information content (AvgIpc) is 2.27. The van der Waals surface area contributed by atoms with Gasteiger partial charge in [0, 0.05) is 30.6 Å². The van der Waals surface area contributed by atoms with Gasteiger partial charge in [0.05, 0.1) is 5.52 Å². The van der Waals surface area contributed by atoms with Crippen molar-refractivity contribution in [3.63, 3.8) is 0 Å². The van der Waals surface area contributed by atoms with Crippen LogP contribution in [0.3, 0.4) is 0 Å². The summed E-state index contributed by atoms with van der Waals surface area (Å²) in [5.41, 5.74) is 6.60. The van der Waals surface area contributed by atoms with Crippen molar-refractivity contribution >= 4 is 16.9 Å². The van der Waals surface area contributed by atoms with Gasteiger partial charge in [-0.2, -0.15) is 0 Å². The lowest BCUT2D eigenvalue weighted by Gasteiger charge is -2.38. The average molecular weight is 214 g/mol. The molecule has 1 saturated heterocycles. The number of nitrogens with zero attached hydrogens (tertiary/aromatic N) is 3. The number of anilines is 1. The van der Waals surface area contributed by atoms with Crippen molar-refractivity contribution in [2.45, 2.75) is 0 Å². The molecule has 82 valence electrons. The summed E-state index contributed by atoms with van der Waals surface area (Å²) >= 11 is 0. The maximum Gasteiger partial charge on any atom is 0.225 e. The normalized spacial score (nSPS) is 16.4. The van der Waals surface area contributed by atoms with E-state index in [9.17, 15) is 0 Å². The molecular formula is C12H14N4. The summed E-state index contributed by atoms with van der Waals surface area (Å²) in [4.78, 5) is 11.1. The monoisotopic (exact) mass is 214 g/mol. The van der Waals surface area contributed by atoms with Crippen molar-refractivity contribution in [3.8, 4) is 0 Å². The zero-order valence-corrected chi connectivity index (χ0v) is 9.00. The van der Waals surface area contributed by atoms with Crippen molar-refractivity contribution in [3.05, 3.63) is 30.5 Å². The quantitative estimate of drug-likeness (QED) is 0.811. The number of para-hydroxylation sites is 1. The van der Waals surface area contributed by atoms with Crippen LogP contribution in [-0.2, 0) is 0 Å². The van der Waals surface area contributed by atoms with E-state index in [1.807, 2.05) is 30.5 Å². The molecule has 4 nitrogen and oxygen atoms in total. The summed E-state index contributed by atoms with van der Waals surface area (Å²) in [5.74, 6) is 1.43. The van der Waals surface area contributed by atoms with Crippen LogP contribution in [0.25, 0.3) is 10.9 Å². The Morgan fingerprint density at radius 3 is 2.94 bits per heavy atom. The Kier molecular flexibility index (Phi) is 2.22. The number of hydrogen-bond acceptors (Lipinski definition) is 4. The molecule has 0 aliphatic carbocycles. The van der Waals surface area contributed by atoms with E-state index in [0.29, 0.717) is 5.92 Å². The van der Waals surface area contributed by atoms with Crippen LogP contribution >= 0.6 is 0 Å². The molecule has 1 aliphatic heterocycles. The van der Waals surface area contributed by atoms with Gasteiger partial charge in [0.25, 0.3) is 0 Å². The van der Waals surface area contributed by atoms with Crippen LogP contribution in [0.4, 0.5) is 5.95 Å². The smallest absolute Gasteiger partial charge is 0.225 e. The van der Waals surface area contributed by atoms with E-state index in [1.165, 1.54) is 0 Å². The molecule has 1 aliphatic rings. The predicted molar refractivity (Wildman–Crippen MR) is 64.3 cm³/mol. The number of benzene rings is 1. The van der Waals surface area contributed by atoms with Crippen LogP contribution in [0.5, 0.6) is 0 Å². The van der Waals surface area contributed by atoms with E-state index in [-0.39, 0.29) is 0 Å². The zero-order valence-electron chi connectivity index (χ0n) is 9.00. The Morgan fingerprint density at radius 1 is 1.31 bits per heavy atom. The highest BCUT2D eigenvalue weighted by Crippen LogP contribution is 2.21. The molecule has 2 heterocycles. The molecule has 1 fully saturated rings. The molecule has 3 rings (SSSR count). The Labute approximate surface area is 94.1 Å². The second kappa shape index (κ2) is 3.72. The molecule has 2 N–H and O–H groups in total. The molecule has 1 aromatic carbocycles. The van der Waals surface area contributed by atoms with Gasteiger partial charge < -0.3 is 10.6 Å². The van der Waals surface area contributed by atoms with Crippen molar-refractivity contribution in [2.24, 2.45) is 11.7 Å². The zero-order chi connectivity index (χ0) is 11.0. The maximum absolute atomic E-state index is 5.60. The first-order valence-corrected chi connectivity index (χ1v) is 5.53. The van der Waals surface area contributed by atoms with Crippen LogP contribution in [0.15, 0.2) is 30.5 Å². The minimum atomic E-state index is 0.607. The molecule has 0 unspecified atom stereocenters. The lowest BCUT2D eigenvalue weighted by Crippen LogP contribution is -2.50. The number of rotatable bonds is 2.